The SMILES string of the molecule is CC(=O)c1ccc2c3ccccc3n(CCCN3CCC(O)CC3)c2c1. The van der Waals surface area contributed by atoms with Crippen molar-refractivity contribution >= 4 is 27.6 Å². The van der Waals surface area contributed by atoms with Crippen LogP contribution in [0.5, 0.6) is 0 Å². The van der Waals surface area contributed by atoms with E-state index in [1.54, 1.807) is 6.92 Å². The lowest BCUT2D eigenvalue weighted by atomic mass is 10.1. The number of hydrogen-bond donors (Lipinski definition) is 1. The van der Waals surface area contributed by atoms with E-state index >= 15 is 0 Å². The molecule has 3 aromatic rings. The number of nitrogens with zero attached hydrogens (tertiary/aromatic N) is 2. The summed E-state index contributed by atoms with van der Waals surface area (Å²) in [4.78, 5) is 14.3. The number of rotatable bonds is 5. The molecule has 1 aliphatic rings. The number of carbonyl (C=O) groups excluding carboxylic acids is 1. The lowest BCUT2D eigenvalue weighted by molar-refractivity contribution is 0.0816. The summed E-state index contributed by atoms with van der Waals surface area (Å²) in [5, 5.41) is 12.1. The second kappa shape index (κ2) is 7.22. The fraction of sp³-hybridized carbons (Fsp3) is 0.409. The van der Waals surface area contributed by atoms with Crippen LogP contribution in [0.4, 0.5) is 0 Å². The Hall–Kier alpha value is -2.17. The zero-order chi connectivity index (χ0) is 18.1. The van der Waals surface area contributed by atoms with Crippen molar-refractivity contribution in [3.05, 3.63) is 48.0 Å². The van der Waals surface area contributed by atoms with E-state index in [0.29, 0.717) is 0 Å². The molecule has 0 saturated carbocycles. The summed E-state index contributed by atoms with van der Waals surface area (Å²) in [6.45, 7) is 5.59. The molecule has 26 heavy (non-hydrogen) atoms. The van der Waals surface area contributed by atoms with Crippen LogP contribution in [-0.2, 0) is 6.54 Å². The van der Waals surface area contributed by atoms with E-state index in [1.165, 1.54) is 16.3 Å². The van der Waals surface area contributed by atoms with Gasteiger partial charge in [0.15, 0.2) is 5.78 Å². The number of aromatic nitrogens is 1. The van der Waals surface area contributed by atoms with Gasteiger partial charge in [0, 0.05) is 47.0 Å². The first-order valence-corrected chi connectivity index (χ1v) is 9.56. The monoisotopic (exact) mass is 350 g/mol. The first-order chi connectivity index (χ1) is 12.6. The number of aliphatic hydroxyl groups excluding tert-OH is 1. The van der Waals surface area contributed by atoms with E-state index in [1.807, 2.05) is 12.1 Å². The molecule has 1 fully saturated rings. The Labute approximate surface area is 154 Å². The molecule has 0 unspecified atom stereocenters. The van der Waals surface area contributed by atoms with Gasteiger partial charge in [0.1, 0.15) is 0 Å². The smallest absolute Gasteiger partial charge is 0.159 e. The Morgan fingerprint density at radius 3 is 2.54 bits per heavy atom. The zero-order valence-electron chi connectivity index (χ0n) is 15.3. The molecule has 2 heterocycles. The third kappa shape index (κ3) is 3.27. The van der Waals surface area contributed by atoms with Crippen LogP contribution in [0.15, 0.2) is 42.5 Å². The molecule has 0 aliphatic carbocycles. The Morgan fingerprint density at radius 2 is 1.77 bits per heavy atom. The standard InChI is InChI=1S/C22H26N2O2/c1-16(25)17-7-8-20-19-5-2-3-6-21(19)24(22(20)15-17)12-4-11-23-13-9-18(26)10-14-23/h2-3,5-8,15,18,26H,4,9-14H2,1H3. The van der Waals surface area contributed by atoms with Crippen LogP contribution in [0.2, 0.25) is 0 Å². The number of hydrogen-bond acceptors (Lipinski definition) is 3. The van der Waals surface area contributed by atoms with Crippen LogP contribution in [-0.4, -0.2) is 46.1 Å². The van der Waals surface area contributed by atoms with Crippen LogP contribution in [0.3, 0.4) is 0 Å². The average Bonchev–Trinajstić information content (AvgIpc) is 2.97. The van der Waals surface area contributed by atoms with E-state index in [4.69, 9.17) is 0 Å². The van der Waals surface area contributed by atoms with Gasteiger partial charge >= 0.3 is 0 Å². The Bertz CT molecular complexity index is 936. The van der Waals surface area contributed by atoms with Gasteiger partial charge in [-0.05, 0) is 44.9 Å². The minimum Gasteiger partial charge on any atom is -0.393 e. The van der Waals surface area contributed by atoms with Crippen molar-refractivity contribution in [3.63, 3.8) is 0 Å². The molecular formula is C22H26N2O2. The van der Waals surface area contributed by atoms with Gasteiger partial charge in [0.25, 0.3) is 0 Å². The number of para-hydroxylation sites is 1. The van der Waals surface area contributed by atoms with Gasteiger partial charge in [-0.3, -0.25) is 4.79 Å². The summed E-state index contributed by atoms with van der Waals surface area (Å²) in [6.07, 6.45) is 2.72. The normalized spacial score (nSPS) is 16.5. The minimum absolute atomic E-state index is 0.107. The van der Waals surface area contributed by atoms with E-state index in [9.17, 15) is 9.90 Å². The number of carbonyl (C=O) groups is 1. The minimum atomic E-state index is -0.117. The van der Waals surface area contributed by atoms with Crippen LogP contribution in [0, 0.1) is 0 Å². The first-order valence-electron chi connectivity index (χ1n) is 9.56. The van der Waals surface area contributed by atoms with Gasteiger partial charge in [0.2, 0.25) is 0 Å². The molecule has 136 valence electrons. The van der Waals surface area contributed by atoms with Crippen molar-refractivity contribution in [1.82, 2.24) is 9.47 Å². The largest absolute Gasteiger partial charge is 0.393 e. The molecule has 0 amide bonds. The molecule has 4 rings (SSSR count). The number of ketones is 1. The number of Topliss-reactive ketones (excluding diaryl/α,β-unsaturated/α-hetero) is 1. The molecular weight excluding hydrogens is 324 g/mol. The molecule has 2 aromatic carbocycles. The van der Waals surface area contributed by atoms with E-state index in [-0.39, 0.29) is 11.9 Å². The molecule has 1 N–H and O–H groups in total. The second-order valence-electron chi connectivity index (χ2n) is 7.38. The number of piperidine rings is 1. The molecule has 4 heteroatoms. The molecule has 1 saturated heterocycles. The van der Waals surface area contributed by atoms with E-state index in [0.717, 1.165) is 56.5 Å². The first kappa shape index (κ1) is 17.3. The summed E-state index contributed by atoms with van der Waals surface area (Å²) >= 11 is 0. The molecule has 4 nitrogen and oxygen atoms in total. The fourth-order valence-electron chi connectivity index (χ4n) is 4.10. The summed E-state index contributed by atoms with van der Waals surface area (Å²) in [6, 6.07) is 14.5. The van der Waals surface area contributed by atoms with Crippen molar-refractivity contribution in [2.75, 3.05) is 19.6 Å². The lowest BCUT2D eigenvalue weighted by Crippen LogP contribution is -2.36. The van der Waals surface area contributed by atoms with Crippen molar-refractivity contribution in [2.24, 2.45) is 0 Å². The number of likely N-dealkylation sites (tertiary alicyclic amines) is 1. The quantitative estimate of drug-likeness (QED) is 0.711. The Balaban J connectivity index is 1.61. The van der Waals surface area contributed by atoms with Gasteiger partial charge in [-0.1, -0.05) is 30.3 Å². The van der Waals surface area contributed by atoms with Gasteiger partial charge in [-0.2, -0.15) is 0 Å². The molecule has 1 aromatic heterocycles. The number of benzene rings is 2. The molecule has 1 aliphatic heterocycles. The molecule has 0 radical (unpaired) electrons. The van der Waals surface area contributed by atoms with Crippen molar-refractivity contribution in [1.29, 1.82) is 0 Å². The van der Waals surface area contributed by atoms with Gasteiger partial charge in [-0.25, -0.2) is 0 Å². The molecule has 0 spiro atoms. The summed E-state index contributed by atoms with van der Waals surface area (Å²) in [7, 11) is 0. The van der Waals surface area contributed by atoms with Gasteiger partial charge in [0.05, 0.1) is 6.10 Å². The Kier molecular flexibility index (Phi) is 4.79. The number of fused-ring (bicyclic) bond motifs is 3. The third-order valence-corrected chi connectivity index (χ3v) is 5.59. The van der Waals surface area contributed by atoms with Gasteiger partial charge < -0.3 is 14.6 Å². The number of aliphatic hydroxyl groups is 1. The third-order valence-electron chi connectivity index (χ3n) is 5.59. The average molecular weight is 350 g/mol. The molecule has 0 bridgehead atoms. The maximum atomic E-state index is 11.8. The predicted octanol–water partition coefficient (Wildman–Crippen LogP) is 3.84. The summed E-state index contributed by atoms with van der Waals surface area (Å²) in [5.41, 5.74) is 3.15. The van der Waals surface area contributed by atoms with Crippen molar-refractivity contribution < 1.29 is 9.90 Å². The van der Waals surface area contributed by atoms with Crippen molar-refractivity contribution in [2.45, 2.75) is 38.8 Å². The highest BCUT2D eigenvalue weighted by Gasteiger charge is 2.17. The summed E-state index contributed by atoms with van der Waals surface area (Å²) < 4.78 is 2.36. The Morgan fingerprint density at radius 1 is 1.04 bits per heavy atom. The van der Waals surface area contributed by atoms with E-state index < -0.39 is 0 Å². The predicted molar refractivity (Wildman–Crippen MR) is 106 cm³/mol. The fourth-order valence-corrected chi connectivity index (χ4v) is 4.10. The lowest BCUT2D eigenvalue weighted by Gasteiger charge is -2.29. The highest BCUT2D eigenvalue weighted by Crippen LogP contribution is 2.30. The highest BCUT2D eigenvalue weighted by molar-refractivity contribution is 6.10. The maximum Gasteiger partial charge on any atom is 0.159 e. The van der Waals surface area contributed by atoms with E-state index in [2.05, 4.69) is 39.8 Å². The number of aryl methyl sites for hydroxylation is 1. The van der Waals surface area contributed by atoms with Crippen LogP contribution in [0.25, 0.3) is 21.8 Å². The summed E-state index contributed by atoms with van der Waals surface area (Å²) in [5.74, 6) is 0.107. The van der Waals surface area contributed by atoms with Crippen LogP contribution < -0.4 is 0 Å². The van der Waals surface area contributed by atoms with Crippen LogP contribution in [0.1, 0.15) is 36.5 Å². The molecule has 0 atom stereocenters. The zero-order valence-corrected chi connectivity index (χ0v) is 15.3. The topological polar surface area (TPSA) is 45.5 Å². The van der Waals surface area contributed by atoms with Crippen molar-refractivity contribution in [3.8, 4) is 0 Å². The van der Waals surface area contributed by atoms with Crippen LogP contribution >= 0.6 is 0 Å². The highest BCUT2D eigenvalue weighted by atomic mass is 16.3. The van der Waals surface area contributed by atoms with Gasteiger partial charge in [-0.15, -0.1) is 0 Å². The second-order valence-corrected chi connectivity index (χ2v) is 7.38. The maximum absolute atomic E-state index is 11.8.